The minimum atomic E-state index is -0.648. The van der Waals surface area contributed by atoms with Crippen LogP contribution in [0.25, 0.3) is 0 Å². The second-order valence-electron chi connectivity index (χ2n) is 5.66. The van der Waals surface area contributed by atoms with Crippen LogP contribution in [0.15, 0.2) is 48.5 Å². The highest BCUT2D eigenvalue weighted by atomic mass is 35.5. The summed E-state index contributed by atoms with van der Waals surface area (Å²) >= 11 is 6.06. The molecule has 2 aromatic carbocycles. The predicted molar refractivity (Wildman–Crippen MR) is 88.8 cm³/mol. The van der Waals surface area contributed by atoms with E-state index in [0.717, 1.165) is 18.7 Å². The van der Waals surface area contributed by atoms with Gasteiger partial charge in [0.15, 0.2) is 0 Å². The van der Waals surface area contributed by atoms with Crippen LogP contribution in [0.3, 0.4) is 0 Å². The third-order valence-electron chi connectivity index (χ3n) is 4.17. The van der Waals surface area contributed by atoms with Crippen LogP contribution >= 0.6 is 11.6 Å². The smallest absolute Gasteiger partial charge is 0.340 e. The Morgan fingerprint density at radius 3 is 2.48 bits per heavy atom. The van der Waals surface area contributed by atoms with Gasteiger partial charge in [0.05, 0.1) is 10.6 Å². The van der Waals surface area contributed by atoms with Gasteiger partial charge in [-0.05, 0) is 36.9 Å². The minimum Gasteiger partial charge on any atom is -0.508 e. The van der Waals surface area contributed by atoms with E-state index in [2.05, 4.69) is 5.32 Å². The molecule has 1 heterocycles. The second-order valence-corrected chi connectivity index (χ2v) is 6.07. The molecule has 1 saturated heterocycles. The van der Waals surface area contributed by atoms with Crippen LogP contribution in [0.5, 0.6) is 5.75 Å². The van der Waals surface area contributed by atoms with Gasteiger partial charge < -0.3 is 15.2 Å². The number of hydrogen-bond acceptors (Lipinski definition) is 4. The topological polar surface area (TPSA) is 58.6 Å². The molecule has 1 fully saturated rings. The maximum atomic E-state index is 12.6. The van der Waals surface area contributed by atoms with E-state index in [1.807, 2.05) is 30.3 Å². The average Bonchev–Trinajstić information content (AvgIpc) is 2.56. The lowest BCUT2D eigenvalue weighted by Gasteiger charge is -2.37. The Hall–Kier alpha value is -2.04. The number of ether oxygens (including phenoxy) is 1. The number of nitrogens with one attached hydrogen (secondary N) is 1. The summed E-state index contributed by atoms with van der Waals surface area (Å²) in [5, 5.41) is 12.9. The first-order chi connectivity index (χ1) is 11.1. The summed E-state index contributed by atoms with van der Waals surface area (Å²) in [7, 11) is 0. The summed E-state index contributed by atoms with van der Waals surface area (Å²) in [4.78, 5) is 12.6. The molecule has 4 nitrogen and oxygen atoms in total. The van der Waals surface area contributed by atoms with Gasteiger partial charge in [0.1, 0.15) is 11.4 Å². The van der Waals surface area contributed by atoms with Crippen LogP contribution in [-0.2, 0) is 10.3 Å². The first kappa shape index (κ1) is 15.8. The van der Waals surface area contributed by atoms with Crippen LogP contribution in [0, 0.1) is 0 Å². The molecule has 0 bridgehead atoms. The fraction of sp³-hybridized carbons (Fsp3) is 0.278. The predicted octanol–water partition coefficient (Wildman–Crippen LogP) is 3.48. The van der Waals surface area contributed by atoms with E-state index in [0.29, 0.717) is 12.8 Å². The van der Waals surface area contributed by atoms with Gasteiger partial charge in [-0.1, -0.05) is 41.9 Å². The molecule has 0 spiro atoms. The largest absolute Gasteiger partial charge is 0.508 e. The molecule has 2 N–H and O–H groups in total. The summed E-state index contributed by atoms with van der Waals surface area (Å²) in [6, 6.07) is 14.1. The third kappa shape index (κ3) is 3.33. The molecule has 5 heteroatoms. The van der Waals surface area contributed by atoms with Crippen LogP contribution in [-0.4, -0.2) is 24.2 Å². The first-order valence-electron chi connectivity index (χ1n) is 7.59. The highest BCUT2D eigenvalue weighted by molar-refractivity contribution is 6.33. The van der Waals surface area contributed by atoms with Gasteiger partial charge in [-0.2, -0.15) is 0 Å². The quantitative estimate of drug-likeness (QED) is 0.845. The van der Waals surface area contributed by atoms with Crippen molar-refractivity contribution >= 4 is 17.6 Å². The van der Waals surface area contributed by atoms with Gasteiger partial charge in [0, 0.05) is 12.8 Å². The fourth-order valence-electron chi connectivity index (χ4n) is 2.92. The van der Waals surface area contributed by atoms with Crippen molar-refractivity contribution in [2.24, 2.45) is 0 Å². The summed E-state index contributed by atoms with van der Waals surface area (Å²) < 4.78 is 5.93. The molecule has 1 aliphatic rings. The third-order valence-corrected chi connectivity index (χ3v) is 4.48. The number of carbonyl (C=O) groups is 1. The molecule has 0 unspecified atom stereocenters. The summed E-state index contributed by atoms with van der Waals surface area (Å²) in [5.74, 6) is -0.452. The lowest BCUT2D eigenvalue weighted by molar-refractivity contribution is -0.0378. The van der Waals surface area contributed by atoms with Gasteiger partial charge >= 0.3 is 5.97 Å². The molecule has 0 aromatic heterocycles. The van der Waals surface area contributed by atoms with Crippen LogP contribution in [0.4, 0.5) is 0 Å². The van der Waals surface area contributed by atoms with Crippen LogP contribution in [0.1, 0.15) is 28.8 Å². The highest BCUT2D eigenvalue weighted by Crippen LogP contribution is 2.36. The maximum Gasteiger partial charge on any atom is 0.340 e. The molecule has 0 saturated carbocycles. The number of rotatable bonds is 3. The number of phenolic OH excluding ortho intramolecular Hbond substituents is 1. The van der Waals surface area contributed by atoms with Crippen molar-refractivity contribution in [3.63, 3.8) is 0 Å². The van der Waals surface area contributed by atoms with Crippen LogP contribution < -0.4 is 5.32 Å². The van der Waals surface area contributed by atoms with E-state index in [9.17, 15) is 9.90 Å². The van der Waals surface area contributed by atoms with E-state index >= 15 is 0 Å². The van der Waals surface area contributed by atoms with E-state index in [1.165, 1.54) is 18.2 Å². The maximum absolute atomic E-state index is 12.6. The Morgan fingerprint density at radius 2 is 1.83 bits per heavy atom. The van der Waals surface area contributed by atoms with Crippen molar-refractivity contribution in [1.29, 1.82) is 0 Å². The standard InChI is InChI=1S/C18H18ClNO3/c19-16-12-14(21)6-7-15(16)17(22)23-18(8-10-20-11-9-18)13-4-2-1-3-5-13/h1-7,12,20-21H,8-11H2. The molecular weight excluding hydrogens is 314 g/mol. The molecule has 0 aliphatic carbocycles. The normalized spacial score (nSPS) is 16.7. The number of aromatic hydroxyl groups is 1. The van der Waals surface area contributed by atoms with E-state index < -0.39 is 11.6 Å². The summed E-state index contributed by atoms with van der Waals surface area (Å²) in [6.07, 6.45) is 1.41. The number of phenols is 1. The first-order valence-corrected chi connectivity index (χ1v) is 7.97. The van der Waals surface area contributed by atoms with Crippen molar-refractivity contribution < 1.29 is 14.6 Å². The minimum absolute atomic E-state index is 0.0196. The molecule has 3 rings (SSSR count). The molecule has 120 valence electrons. The van der Waals surface area contributed by atoms with E-state index in [1.54, 1.807) is 0 Å². The molecule has 0 atom stereocenters. The molecule has 0 radical (unpaired) electrons. The van der Waals surface area contributed by atoms with Gasteiger partial charge in [-0.25, -0.2) is 4.79 Å². The zero-order valence-electron chi connectivity index (χ0n) is 12.6. The van der Waals surface area contributed by atoms with E-state index in [4.69, 9.17) is 16.3 Å². The van der Waals surface area contributed by atoms with Gasteiger partial charge in [-0.3, -0.25) is 0 Å². The lowest BCUT2D eigenvalue weighted by atomic mass is 9.84. The van der Waals surface area contributed by atoms with Crippen molar-refractivity contribution in [2.45, 2.75) is 18.4 Å². The Bertz CT molecular complexity index is 697. The zero-order chi connectivity index (χ0) is 16.3. The Kier molecular flexibility index (Phi) is 4.55. The SMILES string of the molecule is O=C(OC1(c2ccccc2)CCNCC1)c1ccc(O)cc1Cl. The summed E-state index contributed by atoms with van der Waals surface area (Å²) in [6.45, 7) is 1.57. The van der Waals surface area contributed by atoms with Gasteiger partial charge in [-0.15, -0.1) is 0 Å². The van der Waals surface area contributed by atoms with E-state index in [-0.39, 0.29) is 16.3 Å². The number of esters is 1. The Morgan fingerprint density at radius 1 is 1.13 bits per heavy atom. The van der Waals surface area contributed by atoms with Gasteiger partial charge in [0.25, 0.3) is 0 Å². The number of hydrogen-bond donors (Lipinski definition) is 2. The number of piperidine rings is 1. The van der Waals surface area contributed by atoms with Crippen LogP contribution in [0.2, 0.25) is 5.02 Å². The van der Waals surface area contributed by atoms with Crippen molar-refractivity contribution in [3.05, 3.63) is 64.7 Å². The van der Waals surface area contributed by atoms with Crippen molar-refractivity contribution in [1.82, 2.24) is 5.32 Å². The number of benzene rings is 2. The Balaban J connectivity index is 1.91. The highest BCUT2D eigenvalue weighted by Gasteiger charge is 2.38. The van der Waals surface area contributed by atoms with Gasteiger partial charge in [0.2, 0.25) is 0 Å². The second kappa shape index (κ2) is 6.60. The lowest BCUT2D eigenvalue weighted by Crippen LogP contribution is -2.43. The van der Waals surface area contributed by atoms with Crippen molar-refractivity contribution in [3.8, 4) is 5.75 Å². The Labute approximate surface area is 140 Å². The average molecular weight is 332 g/mol. The molecule has 2 aromatic rings. The zero-order valence-corrected chi connectivity index (χ0v) is 13.3. The number of carbonyl (C=O) groups excluding carboxylic acids is 1. The molecule has 23 heavy (non-hydrogen) atoms. The molecule has 0 amide bonds. The monoisotopic (exact) mass is 331 g/mol. The van der Waals surface area contributed by atoms with Crippen molar-refractivity contribution in [2.75, 3.05) is 13.1 Å². The fourth-order valence-corrected chi connectivity index (χ4v) is 3.18. The summed E-state index contributed by atoms with van der Waals surface area (Å²) in [5.41, 5.74) is 0.605. The number of halogens is 1. The molecule has 1 aliphatic heterocycles. The molecular formula is C18H18ClNO3.